The van der Waals surface area contributed by atoms with Crippen LogP contribution in [0.4, 0.5) is 0 Å². The Morgan fingerprint density at radius 1 is 1.12 bits per heavy atom. The summed E-state index contributed by atoms with van der Waals surface area (Å²) in [6.07, 6.45) is 4.73. The Labute approximate surface area is 103 Å². The molecule has 0 unspecified atom stereocenters. The first-order valence-corrected chi connectivity index (χ1v) is 6.39. The molecule has 0 aliphatic heterocycles. The zero-order chi connectivity index (χ0) is 12.7. The predicted octanol–water partition coefficient (Wildman–Crippen LogP) is 0.00380. The van der Waals surface area contributed by atoms with Crippen LogP contribution in [0.3, 0.4) is 0 Å². The van der Waals surface area contributed by atoms with E-state index in [0.717, 1.165) is 18.8 Å². The zero-order valence-electron chi connectivity index (χ0n) is 10.5. The monoisotopic (exact) mass is 241 g/mol. The third-order valence-corrected chi connectivity index (χ3v) is 3.32. The van der Waals surface area contributed by atoms with E-state index in [0.29, 0.717) is 25.6 Å². The molecule has 1 aliphatic rings. The molecular formula is C12H23N3O2. The summed E-state index contributed by atoms with van der Waals surface area (Å²) in [4.78, 5) is 22.6. The van der Waals surface area contributed by atoms with Crippen molar-refractivity contribution in [3.63, 3.8) is 0 Å². The summed E-state index contributed by atoms with van der Waals surface area (Å²) in [5.74, 6) is 0.198. The highest BCUT2D eigenvalue weighted by atomic mass is 16.2. The number of carbonyl (C=O) groups is 2. The molecule has 98 valence electrons. The van der Waals surface area contributed by atoms with E-state index < -0.39 is 11.8 Å². The van der Waals surface area contributed by atoms with Crippen LogP contribution in [-0.2, 0) is 9.59 Å². The van der Waals surface area contributed by atoms with Gasteiger partial charge in [0, 0.05) is 19.6 Å². The predicted molar refractivity (Wildman–Crippen MR) is 66.2 cm³/mol. The molecule has 0 aromatic rings. The molecule has 1 fully saturated rings. The molecule has 0 bridgehead atoms. The van der Waals surface area contributed by atoms with E-state index >= 15 is 0 Å². The fraction of sp³-hybridized carbons (Fsp3) is 0.833. The molecule has 4 N–H and O–H groups in total. The molecule has 0 aromatic carbocycles. The lowest BCUT2D eigenvalue weighted by atomic mass is 9.83. The van der Waals surface area contributed by atoms with Crippen LogP contribution < -0.4 is 16.4 Å². The molecular weight excluding hydrogens is 218 g/mol. The minimum atomic E-state index is -0.584. The van der Waals surface area contributed by atoms with Crippen LogP contribution in [-0.4, -0.2) is 31.4 Å². The summed E-state index contributed by atoms with van der Waals surface area (Å²) >= 11 is 0. The summed E-state index contributed by atoms with van der Waals surface area (Å²) < 4.78 is 0. The molecule has 0 heterocycles. The van der Waals surface area contributed by atoms with Crippen molar-refractivity contribution in [2.24, 2.45) is 17.6 Å². The molecule has 0 spiro atoms. The van der Waals surface area contributed by atoms with Gasteiger partial charge < -0.3 is 16.4 Å². The maximum absolute atomic E-state index is 11.4. The summed E-state index contributed by atoms with van der Waals surface area (Å²) in [5, 5.41) is 5.13. The molecule has 2 amide bonds. The number of carbonyl (C=O) groups excluding carboxylic acids is 2. The van der Waals surface area contributed by atoms with Gasteiger partial charge in [0.1, 0.15) is 0 Å². The smallest absolute Gasteiger partial charge is 0.309 e. The van der Waals surface area contributed by atoms with Gasteiger partial charge in [-0.05, 0) is 24.7 Å². The molecule has 1 saturated carbocycles. The third kappa shape index (κ3) is 5.17. The largest absolute Gasteiger partial charge is 0.348 e. The molecule has 0 saturated heterocycles. The second kappa shape index (κ2) is 7.27. The first kappa shape index (κ1) is 14.0. The van der Waals surface area contributed by atoms with Gasteiger partial charge in [-0.15, -0.1) is 0 Å². The second-order valence-electron chi connectivity index (χ2n) is 4.88. The summed E-state index contributed by atoms with van der Waals surface area (Å²) in [7, 11) is 0. The van der Waals surface area contributed by atoms with Crippen LogP contribution in [0, 0.1) is 11.8 Å². The van der Waals surface area contributed by atoms with Gasteiger partial charge in [0.25, 0.3) is 0 Å². The molecule has 17 heavy (non-hydrogen) atoms. The standard InChI is InChI=1S/C12H23N3O2/c1-9-2-4-10(5-3-9)8-15-12(17)11(16)14-7-6-13/h9-10H,2-8,13H2,1H3,(H,14,16)(H,15,17). The maximum Gasteiger partial charge on any atom is 0.309 e. The molecule has 1 rings (SSSR count). The van der Waals surface area contributed by atoms with Crippen LogP contribution in [0.5, 0.6) is 0 Å². The molecule has 1 aliphatic carbocycles. The van der Waals surface area contributed by atoms with Gasteiger partial charge in [-0.1, -0.05) is 19.8 Å². The lowest BCUT2D eigenvalue weighted by Gasteiger charge is -2.26. The van der Waals surface area contributed by atoms with E-state index in [1.807, 2.05) is 0 Å². The molecule has 5 nitrogen and oxygen atoms in total. The normalized spacial score (nSPS) is 24.1. The number of hydrogen-bond donors (Lipinski definition) is 3. The first-order valence-electron chi connectivity index (χ1n) is 6.39. The van der Waals surface area contributed by atoms with Gasteiger partial charge in [0.15, 0.2) is 0 Å². The fourth-order valence-corrected chi connectivity index (χ4v) is 2.12. The molecule has 5 heteroatoms. The van der Waals surface area contributed by atoms with Crippen LogP contribution in [0.25, 0.3) is 0 Å². The van der Waals surface area contributed by atoms with E-state index in [2.05, 4.69) is 17.6 Å². The van der Waals surface area contributed by atoms with Crippen LogP contribution in [0.1, 0.15) is 32.6 Å². The van der Waals surface area contributed by atoms with Crippen LogP contribution >= 0.6 is 0 Å². The lowest BCUT2D eigenvalue weighted by molar-refractivity contribution is -0.139. The van der Waals surface area contributed by atoms with Crippen LogP contribution in [0.15, 0.2) is 0 Å². The van der Waals surface area contributed by atoms with Crippen molar-refractivity contribution in [2.45, 2.75) is 32.6 Å². The Kier molecular flexibility index (Phi) is 5.97. The van der Waals surface area contributed by atoms with Crippen molar-refractivity contribution >= 4 is 11.8 Å². The number of hydrogen-bond acceptors (Lipinski definition) is 3. The van der Waals surface area contributed by atoms with Crippen molar-refractivity contribution < 1.29 is 9.59 Å². The highest BCUT2D eigenvalue weighted by molar-refractivity contribution is 6.35. The van der Waals surface area contributed by atoms with E-state index in [-0.39, 0.29) is 0 Å². The van der Waals surface area contributed by atoms with Gasteiger partial charge in [0.05, 0.1) is 0 Å². The Morgan fingerprint density at radius 2 is 1.71 bits per heavy atom. The number of rotatable bonds is 4. The third-order valence-electron chi connectivity index (χ3n) is 3.32. The summed E-state index contributed by atoms with van der Waals surface area (Å²) in [5.41, 5.74) is 5.23. The number of amides is 2. The molecule has 0 atom stereocenters. The average Bonchev–Trinajstić information content (AvgIpc) is 2.34. The Bertz CT molecular complexity index is 260. The van der Waals surface area contributed by atoms with Crippen LogP contribution in [0.2, 0.25) is 0 Å². The van der Waals surface area contributed by atoms with Crippen molar-refractivity contribution in [2.75, 3.05) is 19.6 Å². The van der Waals surface area contributed by atoms with Gasteiger partial charge in [-0.25, -0.2) is 0 Å². The quantitative estimate of drug-likeness (QED) is 0.606. The summed E-state index contributed by atoms with van der Waals surface area (Å²) in [6.45, 7) is 3.56. The zero-order valence-corrected chi connectivity index (χ0v) is 10.5. The topological polar surface area (TPSA) is 84.2 Å². The molecule has 0 aromatic heterocycles. The Morgan fingerprint density at radius 3 is 2.29 bits per heavy atom. The SMILES string of the molecule is CC1CCC(CNC(=O)C(=O)NCCN)CC1. The fourth-order valence-electron chi connectivity index (χ4n) is 2.12. The number of nitrogens with one attached hydrogen (secondary N) is 2. The average molecular weight is 241 g/mol. The molecule has 0 radical (unpaired) electrons. The second-order valence-corrected chi connectivity index (χ2v) is 4.88. The van der Waals surface area contributed by atoms with Gasteiger partial charge in [0.2, 0.25) is 0 Å². The van der Waals surface area contributed by atoms with E-state index in [4.69, 9.17) is 5.73 Å². The maximum atomic E-state index is 11.4. The van der Waals surface area contributed by atoms with E-state index in [9.17, 15) is 9.59 Å². The Hall–Kier alpha value is -1.10. The van der Waals surface area contributed by atoms with E-state index in [1.54, 1.807) is 0 Å². The van der Waals surface area contributed by atoms with E-state index in [1.165, 1.54) is 12.8 Å². The first-order chi connectivity index (χ1) is 8.13. The van der Waals surface area contributed by atoms with Crippen molar-refractivity contribution in [3.05, 3.63) is 0 Å². The van der Waals surface area contributed by atoms with Gasteiger partial charge in [-0.2, -0.15) is 0 Å². The van der Waals surface area contributed by atoms with Crippen molar-refractivity contribution in [1.29, 1.82) is 0 Å². The minimum absolute atomic E-state index is 0.340. The number of nitrogens with two attached hydrogens (primary N) is 1. The van der Waals surface area contributed by atoms with Crippen molar-refractivity contribution in [3.8, 4) is 0 Å². The highest BCUT2D eigenvalue weighted by Gasteiger charge is 2.20. The van der Waals surface area contributed by atoms with Gasteiger partial charge >= 0.3 is 11.8 Å². The Balaban J connectivity index is 2.17. The lowest BCUT2D eigenvalue weighted by Crippen LogP contribution is -2.43. The highest BCUT2D eigenvalue weighted by Crippen LogP contribution is 2.27. The van der Waals surface area contributed by atoms with Gasteiger partial charge in [-0.3, -0.25) is 9.59 Å². The van der Waals surface area contributed by atoms with Crippen molar-refractivity contribution in [1.82, 2.24) is 10.6 Å². The summed E-state index contributed by atoms with van der Waals surface area (Å²) in [6, 6.07) is 0. The minimum Gasteiger partial charge on any atom is -0.348 e.